The van der Waals surface area contributed by atoms with Crippen molar-refractivity contribution in [2.75, 3.05) is 0 Å². The molecule has 0 aromatic heterocycles. The zero-order chi connectivity index (χ0) is 8.69. The Morgan fingerprint density at radius 1 is 1.58 bits per heavy atom. The van der Waals surface area contributed by atoms with Gasteiger partial charge in [0.1, 0.15) is 0 Å². The molecule has 72 valence electrons. The summed E-state index contributed by atoms with van der Waals surface area (Å²) in [6.07, 6.45) is 5.40. The normalized spacial score (nSPS) is 12.5. The first kappa shape index (κ1) is 14.0. The number of rotatable bonds is 5. The summed E-state index contributed by atoms with van der Waals surface area (Å²) in [6.45, 7) is 1.94. The number of carboxylic acids is 1. The molecule has 0 aliphatic heterocycles. The molecule has 0 aliphatic rings. The molecule has 0 rings (SSSR count). The third-order valence-corrected chi connectivity index (χ3v) is 1.25. The van der Waals surface area contributed by atoms with Crippen molar-refractivity contribution in [2.24, 2.45) is 5.73 Å². The lowest BCUT2D eigenvalue weighted by Crippen LogP contribution is -2.13. The van der Waals surface area contributed by atoms with Crippen molar-refractivity contribution in [3.63, 3.8) is 0 Å². The number of halogens is 1. The molecule has 0 fully saturated rings. The molecule has 0 aliphatic carbocycles. The highest BCUT2D eigenvalue weighted by Gasteiger charge is 1.91. The molecule has 0 saturated heterocycles. The van der Waals surface area contributed by atoms with E-state index in [2.05, 4.69) is 0 Å². The number of aliphatic carboxylic acids is 1. The van der Waals surface area contributed by atoms with Crippen LogP contribution in [0.5, 0.6) is 0 Å². The smallest absolute Gasteiger partial charge is 0.307 e. The highest BCUT2D eigenvalue weighted by Crippen LogP contribution is 1.95. The van der Waals surface area contributed by atoms with E-state index >= 15 is 0 Å². The van der Waals surface area contributed by atoms with E-state index < -0.39 is 5.97 Å². The standard InChI is InChI=1S/C8H15NO2.ClH/c1-7(9)5-3-2-4-6-8(10)11;/h2,4,7H,3,5-6,9H2,1H3,(H,10,11);1H/b4-2+;. The van der Waals surface area contributed by atoms with Gasteiger partial charge in [-0.25, -0.2) is 0 Å². The molecule has 0 radical (unpaired) electrons. The molecular formula is C8H16ClNO2. The predicted molar refractivity (Wildman–Crippen MR) is 51.5 cm³/mol. The summed E-state index contributed by atoms with van der Waals surface area (Å²) >= 11 is 0. The summed E-state index contributed by atoms with van der Waals surface area (Å²) in [6, 6.07) is 0.199. The summed E-state index contributed by atoms with van der Waals surface area (Å²) in [7, 11) is 0. The fraction of sp³-hybridized carbons (Fsp3) is 0.625. The molecule has 0 heterocycles. The predicted octanol–water partition coefficient (Wildman–Crippen LogP) is 1.57. The highest BCUT2D eigenvalue weighted by molar-refractivity contribution is 5.85. The monoisotopic (exact) mass is 193 g/mol. The van der Waals surface area contributed by atoms with E-state index in [1.807, 2.05) is 13.0 Å². The number of nitrogens with two attached hydrogens (primary N) is 1. The first-order chi connectivity index (χ1) is 5.13. The van der Waals surface area contributed by atoms with Crippen LogP contribution >= 0.6 is 12.4 Å². The molecule has 1 unspecified atom stereocenters. The fourth-order valence-corrected chi connectivity index (χ4v) is 0.661. The van der Waals surface area contributed by atoms with Gasteiger partial charge in [-0.3, -0.25) is 4.79 Å². The van der Waals surface area contributed by atoms with Gasteiger partial charge in [0.2, 0.25) is 0 Å². The van der Waals surface area contributed by atoms with Crippen LogP contribution in [-0.4, -0.2) is 17.1 Å². The summed E-state index contributed by atoms with van der Waals surface area (Å²) in [4.78, 5) is 10.0. The van der Waals surface area contributed by atoms with Crippen molar-refractivity contribution in [2.45, 2.75) is 32.2 Å². The van der Waals surface area contributed by atoms with E-state index in [1.54, 1.807) is 6.08 Å². The number of hydrogen-bond donors (Lipinski definition) is 2. The van der Waals surface area contributed by atoms with Crippen molar-refractivity contribution in [1.29, 1.82) is 0 Å². The van der Waals surface area contributed by atoms with E-state index in [-0.39, 0.29) is 24.9 Å². The Balaban J connectivity index is 0. The Hall–Kier alpha value is -0.540. The maximum atomic E-state index is 10.0. The Labute approximate surface area is 79.1 Å². The third-order valence-electron chi connectivity index (χ3n) is 1.25. The quantitative estimate of drug-likeness (QED) is 0.652. The molecule has 0 amide bonds. The van der Waals surface area contributed by atoms with E-state index in [9.17, 15) is 4.79 Å². The number of carboxylic acid groups (broad SMARTS) is 1. The summed E-state index contributed by atoms with van der Waals surface area (Å²) in [5, 5.41) is 8.25. The molecular weight excluding hydrogens is 178 g/mol. The molecule has 0 aromatic carbocycles. The van der Waals surface area contributed by atoms with Gasteiger partial charge in [0.05, 0.1) is 6.42 Å². The SMILES string of the molecule is CC(N)CC/C=C/CC(=O)O.Cl. The maximum absolute atomic E-state index is 10.0. The van der Waals surface area contributed by atoms with Crippen LogP contribution in [0.4, 0.5) is 0 Å². The fourth-order valence-electron chi connectivity index (χ4n) is 0.661. The second-order valence-corrected chi connectivity index (χ2v) is 2.62. The van der Waals surface area contributed by atoms with Gasteiger partial charge < -0.3 is 10.8 Å². The molecule has 12 heavy (non-hydrogen) atoms. The number of hydrogen-bond acceptors (Lipinski definition) is 2. The first-order valence-electron chi connectivity index (χ1n) is 3.75. The van der Waals surface area contributed by atoms with Gasteiger partial charge in [-0.15, -0.1) is 12.4 Å². The third kappa shape index (κ3) is 12.2. The van der Waals surface area contributed by atoms with Gasteiger partial charge in [-0.2, -0.15) is 0 Å². The first-order valence-corrected chi connectivity index (χ1v) is 3.75. The Morgan fingerprint density at radius 3 is 2.58 bits per heavy atom. The molecule has 0 saturated carbocycles. The van der Waals surface area contributed by atoms with Crippen molar-refractivity contribution < 1.29 is 9.90 Å². The minimum Gasteiger partial charge on any atom is -0.481 e. The van der Waals surface area contributed by atoms with E-state index in [1.165, 1.54) is 0 Å². The topological polar surface area (TPSA) is 63.3 Å². The van der Waals surface area contributed by atoms with E-state index in [0.29, 0.717) is 0 Å². The average molecular weight is 194 g/mol. The Bertz CT molecular complexity index is 146. The van der Waals surface area contributed by atoms with Crippen molar-refractivity contribution in [3.05, 3.63) is 12.2 Å². The lowest BCUT2D eigenvalue weighted by atomic mass is 10.2. The molecule has 0 bridgehead atoms. The largest absolute Gasteiger partial charge is 0.481 e. The molecule has 3 N–H and O–H groups in total. The van der Waals surface area contributed by atoms with E-state index in [4.69, 9.17) is 10.8 Å². The summed E-state index contributed by atoms with van der Waals surface area (Å²) < 4.78 is 0. The van der Waals surface area contributed by atoms with Crippen LogP contribution < -0.4 is 5.73 Å². The van der Waals surface area contributed by atoms with Crippen LogP contribution in [0.3, 0.4) is 0 Å². The van der Waals surface area contributed by atoms with Crippen LogP contribution in [-0.2, 0) is 4.79 Å². The second-order valence-electron chi connectivity index (χ2n) is 2.62. The minimum absolute atomic E-state index is 0. The van der Waals surface area contributed by atoms with Crippen LogP contribution in [0.1, 0.15) is 26.2 Å². The van der Waals surface area contributed by atoms with Crippen LogP contribution in [0, 0.1) is 0 Å². The van der Waals surface area contributed by atoms with Gasteiger partial charge in [-0.1, -0.05) is 12.2 Å². The van der Waals surface area contributed by atoms with Crippen LogP contribution in [0.25, 0.3) is 0 Å². The van der Waals surface area contributed by atoms with Crippen molar-refractivity contribution in [1.82, 2.24) is 0 Å². The minimum atomic E-state index is -0.790. The van der Waals surface area contributed by atoms with Gasteiger partial charge in [0.15, 0.2) is 0 Å². The Morgan fingerprint density at radius 2 is 2.17 bits per heavy atom. The van der Waals surface area contributed by atoms with Crippen LogP contribution in [0.15, 0.2) is 12.2 Å². The van der Waals surface area contributed by atoms with Gasteiger partial charge in [0, 0.05) is 6.04 Å². The molecule has 0 spiro atoms. The van der Waals surface area contributed by atoms with Crippen molar-refractivity contribution >= 4 is 18.4 Å². The molecule has 4 heteroatoms. The zero-order valence-electron chi connectivity index (χ0n) is 7.19. The Kier molecular flexibility index (Phi) is 9.99. The van der Waals surface area contributed by atoms with E-state index in [0.717, 1.165) is 12.8 Å². The number of allylic oxidation sites excluding steroid dienone is 1. The van der Waals surface area contributed by atoms with Gasteiger partial charge >= 0.3 is 5.97 Å². The van der Waals surface area contributed by atoms with Crippen LogP contribution in [0.2, 0.25) is 0 Å². The van der Waals surface area contributed by atoms with Crippen molar-refractivity contribution in [3.8, 4) is 0 Å². The summed E-state index contributed by atoms with van der Waals surface area (Å²) in [5.74, 6) is -0.790. The number of carbonyl (C=O) groups is 1. The second kappa shape index (κ2) is 8.56. The zero-order valence-corrected chi connectivity index (χ0v) is 8.01. The molecule has 0 aromatic rings. The maximum Gasteiger partial charge on any atom is 0.307 e. The lowest BCUT2D eigenvalue weighted by molar-refractivity contribution is -0.136. The molecule has 1 atom stereocenters. The molecule has 3 nitrogen and oxygen atoms in total. The van der Waals surface area contributed by atoms with Gasteiger partial charge in [0.25, 0.3) is 0 Å². The highest BCUT2D eigenvalue weighted by atomic mass is 35.5. The average Bonchev–Trinajstić information content (AvgIpc) is 1.85. The van der Waals surface area contributed by atoms with Gasteiger partial charge in [-0.05, 0) is 19.8 Å². The lowest BCUT2D eigenvalue weighted by Gasteiger charge is -1.98. The summed E-state index contributed by atoms with van der Waals surface area (Å²) in [5.41, 5.74) is 5.48.